The number of hydrogen-bond donors (Lipinski definition) is 1. The van der Waals surface area contributed by atoms with Gasteiger partial charge in [0, 0.05) is 14.1 Å². The van der Waals surface area contributed by atoms with E-state index < -0.39 is 11.9 Å². The number of aromatic nitrogens is 2. The van der Waals surface area contributed by atoms with Crippen molar-refractivity contribution in [3.8, 4) is 0 Å². The van der Waals surface area contributed by atoms with E-state index in [1.807, 2.05) is 0 Å². The normalized spacial score (nSPS) is 11.9. The Hall–Kier alpha value is -1.37. The minimum atomic E-state index is -4.44. The molecular formula is C7H9F3N4. The van der Waals surface area contributed by atoms with Gasteiger partial charge in [-0.2, -0.15) is 13.2 Å². The molecule has 1 aromatic rings. The van der Waals surface area contributed by atoms with E-state index in [4.69, 9.17) is 0 Å². The van der Waals surface area contributed by atoms with Crippen molar-refractivity contribution in [3.05, 3.63) is 17.8 Å². The van der Waals surface area contributed by atoms with Gasteiger partial charge in [-0.15, -0.1) is 10.2 Å². The van der Waals surface area contributed by atoms with Crippen molar-refractivity contribution >= 4 is 5.82 Å². The summed E-state index contributed by atoms with van der Waals surface area (Å²) in [5.41, 5.74) is 1.68. The monoisotopic (exact) mass is 206 g/mol. The smallest absolute Gasteiger partial charge is 0.302 e. The lowest BCUT2D eigenvalue weighted by Gasteiger charge is -2.12. The van der Waals surface area contributed by atoms with Crippen LogP contribution in [-0.2, 0) is 6.18 Å². The van der Waals surface area contributed by atoms with Gasteiger partial charge in [-0.25, -0.2) is 5.01 Å². The van der Waals surface area contributed by atoms with E-state index in [1.165, 1.54) is 6.07 Å². The molecule has 0 atom stereocenters. The molecule has 0 fully saturated rings. The van der Waals surface area contributed by atoms with E-state index in [2.05, 4.69) is 15.6 Å². The molecule has 1 aromatic heterocycles. The summed E-state index contributed by atoms with van der Waals surface area (Å²) in [5.74, 6) is 0.267. The van der Waals surface area contributed by atoms with Crippen LogP contribution in [0.15, 0.2) is 12.1 Å². The molecule has 0 saturated carbocycles. The van der Waals surface area contributed by atoms with Gasteiger partial charge >= 0.3 is 6.18 Å². The third-order valence-electron chi connectivity index (χ3n) is 1.29. The zero-order chi connectivity index (χ0) is 10.8. The van der Waals surface area contributed by atoms with E-state index in [0.717, 1.165) is 6.07 Å². The van der Waals surface area contributed by atoms with Crippen LogP contribution in [-0.4, -0.2) is 29.3 Å². The highest BCUT2D eigenvalue weighted by Gasteiger charge is 2.32. The zero-order valence-electron chi connectivity index (χ0n) is 7.63. The largest absolute Gasteiger partial charge is 0.435 e. The number of alkyl halides is 3. The molecule has 0 unspecified atom stereocenters. The lowest BCUT2D eigenvalue weighted by molar-refractivity contribution is -0.141. The first-order chi connectivity index (χ1) is 6.39. The SMILES string of the molecule is CN(C)Nc1ccc(C(F)(F)F)nn1. The third kappa shape index (κ3) is 2.84. The van der Waals surface area contributed by atoms with Crippen molar-refractivity contribution in [1.29, 1.82) is 0 Å². The van der Waals surface area contributed by atoms with Gasteiger partial charge in [0.25, 0.3) is 0 Å². The maximum absolute atomic E-state index is 12.0. The number of rotatable bonds is 2. The van der Waals surface area contributed by atoms with Crippen LogP contribution < -0.4 is 5.43 Å². The number of hydrazine groups is 1. The van der Waals surface area contributed by atoms with Gasteiger partial charge in [-0.05, 0) is 12.1 Å². The summed E-state index contributed by atoms with van der Waals surface area (Å²) in [6.07, 6.45) is -4.44. The predicted molar refractivity (Wildman–Crippen MR) is 44.3 cm³/mol. The number of halogens is 3. The summed E-state index contributed by atoms with van der Waals surface area (Å²) < 4.78 is 36.1. The first kappa shape index (κ1) is 10.7. The van der Waals surface area contributed by atoms with Gasteiger partial charge in [-0.3, -0.25) is 0 Å². The second-order valence-electron chi connectivity index (χ2n) is 2.81. The lowest BCUT2D eigenvalue weighted by atomic mass is 10.4. The van der Waals surface area contributed by atoms with Crippen LogP contribution >= 0.6 is 0 Å². The highest BCUT2D eigenvalue weighted by molar-refractivity contribution is 5.31. The van der Waals surface area contributed by atoms with Crippen LogP contribution in [0.2, 0.25) is 0 Å². The van der Waals surface area contributed by atoms with Crippen molar-refractivity contribution in [2.45, 2.75) is 6.18 Å². The Morgan fingerprint density at radius 1 is 1.21 bits per heavy atom. The van der Waals surface area contributed by atoms with Crippen LogP contribution in [0.4, 0.5) is 19.0 Å². The Kier molecular flexibility index (Phi) is 2.90. The first-order valence-corrected chi connectivity index (χ1v) is 3.74. The Morgan fingerprint density at radius 3 is 2.21 bits per heavy atom. The Balaban J connectivity index is 2.79. The number of anilines is 1. The van der Waals surface area contributed by atoms with Crippen LogP contribution in [0.5, 0.6) is 0 Å². The van der Waals surface area contributed by atoms with E-state index in [-0.39, 0.29) is 5.82 Å². The summed E-state index contributed by atoms with van der Waals surface area (Å²) in [6.45, 7) is 0. The molecule has 0 aromatic carbocycles. The Labute approximate surface area is 78.7 Å². The molecule has 0 aliphatic carbocycles. The molecule has 4 nitrogen and oxygen atoms in total. The highest BCUT2D eigenvalue weighted by atomic mass is 19.4. The van der Waals surface area contributed by atoms with Gasteiger partial charge in [0.15, 0.2) is 11.5 Å². The second-order valence-corrected chi connectivity index (χ2v) is 2.81. The second kappa shape index (κ2) is 3.79. The molecule has 0 spiro atoms. The summed E-state index contributed by atoms with van der Waals surface area (Å²) in [6, 6.07) is 2.09. The van der Waals surface area contributed by atoms with E-state index in [1.54, 1.807) is 19.1 Å². The molecule has 0 radical (unpaired) electrons. The molecule has 1 heterocycles. The van der Waals surface area contributed by atoms with Crippen LogP contribution in [0.25, 0.3) is 0 Å². The van der Waals surface area contributed by atoms with Gasteiger partial charge in [-0.1, -0.05) is 0 Å². The molecule has 0 aliphatic heterocycles. The van der Waals surface area contributed by atoms with Gasteiger partial charge in [0.2, 0.25) is 0 Å². The topological polar surface area (TPSA) is 41.0 Å². The molecule has 7 heteroatoms. The van der Waals surface area contributed by atoms with Crippen molar-refractivity contribution < 1.29 is 13.2 Å². The predicted octanol–water partition coefficient (Wildman–Crippen LogP) is 1.38. The van der Waals surface area contributed by atoms with E-state index >= 15 is 0 Å². The summed E-state index contributed by atoms with van der Waals surface area (Å²) in [5, 5.41) is 7.95. The van der Waals surface area contributed by atoms with Crippen LogP contribution in [0.1, 0.15) is 5.69 Å². The molecule has 0 aliphatic rings. The summed E-state index contributed by atoms with van der Waals surface area (Å²) >= 11 is 0. The average molecular weight is 206 g/mol. The fourth-order valence-corrected chi connectivity index (χ4v) is 0.772. The average Bonchev–Trinajstić information content (AvgIpc) is 2.02. The fourth-order valence-electron chi connectivity index (χ4n) is 0.772. The first-order valence-electron chi connectivity index (χ1n) is 3.74. The van der Waals surface area contributed by atoms with E-state index in [9.17, 15) is 13.2 Å². The van der Waals surface area contributed by atoms with Crippen molar-refractivity contribution in [2.75, 3.05) is 19.5 Å². The highest BCUT2D eigenvalue weighted by Crippen LogP contribution is 2.26. The Morgan fingerprint density at radius 2 is 1.86 bits per heavy atom. The third-order valence-corrected chi connectivity index (χ3v) is 1.29. The zero-order valence-corrected chi connectivity index (χ0v) is 7.63. The molecule has 0 amide bonds. The summed E-state index contributed by atoms with van der Waals surface area (Å²) in [4.78, 5) is 0. The number of nitrogens with zero attached hydrogens (tertiary/aromatic N) is 3. The molecule has 1 N–H and O–H groups in total. The van der Waals surface area contributed by atoms with Crippen molar-refractivity contribution in [1.82, 2.24) is 15.2 Å². The molecule has 78 valence electrons. The standard InChI is InChI=1S/C7H9F3N4/c1-14(2)13-6-4-3-5(11-12-6)7(8,9)10/h3-4H,1-2H3,(H,12,13). The minimum Gasteiger partial charge on any atom is -0.302 e. The molecule has 1 rings (SSSR count). The molecular weight excluding hydrogens is 197 g/mol. The van der Waals surface area contributed by atoms with Crippen molar-refractivity contribution in [3.63, 3.8) is 0 Å². The quantitative estimate of drug-likeness (QED) is 0.742. The van der Waals surface area contributed by atoms with Crippen LogP contribution in [0.3, 0.4) is 0 Å². The molecule has 0 bridgehead atoms. The van der Waals surface area contributed by atoms with Gasteiger partial charge in [0.05, 0.1) is 0 Å². The Bertz CT molecular complexity index is 293. The molecule has 0 saturated heterocycles. The van der Waals surface area contributed by atoms with Gasteiger partial charge in [0.1, 0.15) is 0 Å². The lowest BCUT2D eigenvalue weighted by Crippen LogP contribution is -2.21. The van der Waals surface area contributed by atoms with Crippen molar-refractivity contribution in [2.24, 2.45) is 0 Å². The number of hydrogen-bond acceptors (Lipinski definition) is 4. The van der Waals surface area contributed by atoms with Crippen LogP contribution in [0, 0.1) is 0 Å². The minimum absolute atomic E-state index is 0.267. The van der Waals surface area contributed by atoms with E-state index in [0.29, 0.717) is 0 Å². The fraction of sp³-hybridized carbons (Fsp3) is 0.429. The maximum Gasteiger partial charge on any atom is 0.435 e. The maximum atomic E-state index is 12.0. The summed E-state index contributed by atoms with van der Waals surface area (Å²) in [7, 11) is 3.39. The number of nitrogens with one attached hydrogen (secondary N) is 1. The molecule has 14 heavy (non-hydrogen) atoms. The van der Waals surface area contributed by atoms with Gasteiger partial charge < -0.3 is 5.43 Å².